The minimum Gasteiger partial charge on any atom is -0.304 e. The van der Waals surface area contributed by atoms with Crippen molar-refractivity contribution in [3.63, 3.8) is 0 Å². The third kappa shape index (κ3) is 2.51. The molecule has 0 atom stereocenters. The van der Waals surface area contributed by atoms with E-state index in [0.29, 0.717) is 5.82 Å². The third-order valence-electron chi connectivity index (χ3n) is 2.78. The van der Waals surface area contributed by atoms with Gasteiger partial charge in [-0.3, -0.25) is 9.78 Å². The van der Waals surface area contributed by atoms with Crippen molar-refractivity contribution in [3.8, 4) is 11.9 Å². The highest BCUT2D eigenvalue weighted by Gasteiger charge is 2.17. The normalized spacial score (nSPS) is 9.95. The second kappa shape index (κ2) is 5.80. The highest BCUT2D eigenvalue weighted by molar-refractivity contribution is 6.02. The molecule has 3 aromatic rings. The lowest BCUT2D eigenvalue weighted by Gasteiger charge is -2.08. The number of nitrogens with zero attached hydrogens (tertiary/aromatic N) is 6. The fraction of sp³-hybridized carbons (Fsp3) is 0. The smallest absolute Gasteiger partial charge is 0.277 e. The van der Waals surface area contributed by atoms with E-state index in [2.05, 4.69) is 25.4 Å². The molecule has 3 rings (SSSR count). The summed E-state index contributed by atoms with van der Waals surface area (Å²) in [5, 5.41) is 15.9. The lowest BCUT2D eigenvalue weighted by atomic mass is 10.3. The third-order valence-corrected chi connectivity index (χ3v) is 2.78. The number of carbonyl (C=O) groups is 1. The first-order valence-corrected chi connectivity index (χ1v) is 6.26. The minimum atomic E-state index is -0.484. The summed E-state index contributed by atoms with van der Waals surface area (Å²) in [6.07, 6.45) is 7.17. The number of amides is 1. The van der Waals surface area contributed by atoms with Gasteiger partial charge in [0.05, 0.1) is 12.4 Å². The molecule has 8 nitrogen and oxygen atoms in total. The van der Waals surface area contributed by atoms with Gasteiger partial charge in [-0.05, 0) is 12.1 Å². The Hall–Kier alpha value is -3.60. The van der Waals surface area contributed by atoms with Crippen LogP contribution < -0.4 is 5.32 Å². The van der Waals surface area contributed by atoms with Crippen LogP contribution in [0.1, 0.15) is 16.1 Å². The van der Waals surface area contributed by atoms with Gasteiger partial charge in [0.1, 0.15) is 17.3 Å². The number of hydrogen-bond acceptors (Lipinski definition) is 6. The molecule has 3 aromatic heterocycles. The molecule has 0 aliphatic heterocycles. The summed E-state index contributed by atoms with van der Waals surface area (Å²) in [5.41, 5.74) is 0.364. The molecule has 1 amide bonds. The quantitative estimate of drug-likeness (QED) is 0.776. The summed E-state index contributed by atoms with van der Waals surface area (Å²) >= 11 is 0. The zero-order valence-corrected chi connectivity index (χ0v) is 11.2. The number of hydrogen-bond donors (Lipinski definition) is 1. The molecule has 3 heterocycles. The van der Waals surface area contributed by atoms with Gasteiger partial charge in [0, 0.05) is 18.6 Å². The summed E-state index contributed by atoms with van der Waals surface area (Å²) in [6, 6.07) is 7.24. The number of aromatic nitrogens is 5. The number of nitriles is 1. The molecular weight excluding hydrogens is 282 g/mol. The van der Waals surface area contributed by atoms with Gasteiger partial charge in [-0.15, -0.1) is 0 Å². The monoisotopic (exact) mass is 291 g/mol. The van der Waals surface area contributed by atoms with E-state index in [1.165, 1.54) is 29.5 Å². The zero-order valence-electron chi connectivity index (χ0n) is 11.2. The Morgan fingerprint density at radius 2 is 2.09 bits per heavy atom. The summed E-state index contributed by atoms with van der Waals surface area (Å²) in [6.45, 7) is 0. The van der Waals surface area contributed by atoms with Gasteiger partial charge in [0.2, 0.25) is 0 Å². The topological polar surface area (TPSA) is 109 Å². The Morgan fingerprint density at radius 1 is 1.18 bits per heavy atom. The average Bonchev–Trinajstić information content (AvgIpc) is 2.99. The van der Waals surface area contributed by atoms with E-state index in [1.807, 2.05) is 6.07 Å². The molecule has 0 spiro atoms. The maximum absolute atomic E-state index is 12.2. The van der Waals surface area contributed by atoms with Crippen LogP contribution >= 0.6 is 0 Å². The maximum Gasteiger partial charge on any atom is 0.277 e. The SMILES string of the molecule is N#Cc1cnn(-c2ccccn2)c1NC(=O)c1cnccn1. The van der Waals surface area contributed by atoms with E-state index in [-0.39, 0.29) is 17.1 Å². The molecule has 0 aliphatic carbocycles. The molecule has 0 aliphatic rings. The van der Waals surface area contributed by atoms with Crippen LogP contribution in [-0.2, 0) is 0 Å². The van der Waals surface area contributed by atoms with Gasteiger partial charge in [-0.2, -0.15) is 15.0 Å². The summed E-state index contributed by atoms with van der Waals surface area (Å²) in [5.74, 6) is 0.234. The molecule has 8 heteroatoms. The zero-order chi connectivity index (χ0) is 15.4. The van der Waals surface area contributed by atoms with E-state index in [9.17, 15) is 4.79 Å². The maximum atomic E-state index is 12.2. The van der Waals surface area contributed by atoms with Crippen molar-refractivity contribution in [2.45, 2.75) is 0 Å². The molecule has 0 radical (unpaired) electrons. The second-order valence-corrected chi connectivity index (χ2v) is 4.16. The lowest BCUT2D eigenvalue weighted by Crippen LogP contribution is -2.17. The Morgan fingerprint density at radius 3 is 2.77 bits per heavy atom. The fourth-order valence-corrected chi connectivity index (χ4v) is 1.79. The van der Waals surface area contributed by atoms with Crippen molar-refractivity contribution in [1.29, 1.82) is 5.26 Å². The Labute approximate surface area is 125 Å². The molecule has 0 aromatic carbocycles. The Bertz CT molecular complexity index is 837. The fourth-order valence-electron chi connectivity index (χ4n) is 1.79. The van der Waals surface area contributed by atoms with Crippen LogP contribution in [0.25, 0.3) is 5.82 Å². The summed E-state index contributed by atoms with van der Waals surface area (Å²) in [4.78, 5) is 24.1. The highest BCUT2D eigenvalue weighted by Crippen LogP contribution is 2.18. The van der Waals surface area contributed by atoms with Crippen LogP contribution in [-0.4, -0.2) is 30.6 Å². The van der Waals surface area contributed by atoms with E-state index in [1.54, 1.807) is 24.4 Å². The van der Waals surface area contributed by atoms with Crippen LogP contribution in [0.15, 0.2) is 49.2 Å². The van der Waals surface area contributed by atoms with E-state index < -0.39 is 5.91 Å². The summed E-state index contributed by atoms with van der Waals surface area (Å²) < 4.78 is 1.38. The predicted molar refractivity (Wildman–Crippen MR) is 76.1 cm³/mol. The van der Waals surface area contributed by atoms with Crippen LogP contribution in [0.4, 0.5) is 5.82 Å². The number of nitrogens with one attached hydrogen (secondary N) is 1. The summed E-state index contributed by atoms with van der Waals surface area (Å²) in [7, 11) is 0. The molecule has 22 heavy (non-hydrogen) atoms. The second-order valence-electron chi connectivity index (χ2n) is 4.16. The Balaban J connectivity index is 1.98. The van der Waals surface area contributed by atoms with Gasteiger partial charge in [0.25, 0.3) is 5.91 Å². The molecule has 106 valence electrons. The molecule has 1 N–H and O–H groups in total. The first kappa shape index (κ1) is 13.4. The highest BCUT2D eigenvalue weighted by atomic mass is 16.2. The number of pyridine rings is 1. The van der Waals surface area contributed by atoms with Gasteiger partial charge in [0.15, 0.2) is 11.6 Å². The molecule has 0 unspecified atom stereocenters. The van der Waals surface area contributed by atoms with E-state index >= 15 is 0 Å². The van der Waals surface area contributed by atoms with Gasteiger partial charge in [-0.1, -0.05) is 6.07 Å². The van der Waals surface area contributed by atoms with Crippen LogP contribution in [0.2, 0.25) is 0 Å². The van der Waals surface area contributed by atoms with E-state index in [0.717, 1.165) is 0 Å². The minimum absolute atomic E-state index is 0.139. The molecule has 0 saturated heterocycles. The van der Waals surface area contributed by atoms with Gasteiger partial charge in [-0.25, -0.2) is 9.97 Å². The van der Waals surface area contributed by atoms with Crippen LogP contribution in [0.5, 0.6) is 0 Å². The van der Waals surface area contributed by atoms with Crippen LogP contribution in [0, 0.1) is 11.3 Å². The number of anilines is 1. The standard InChI is InChI=1S/C14H9N7O/c15-7-10-8-19-21(12-3-1-2-4-18-12)13(10)20-14(22)11-9-16-5-6-17-11/h1-6,8-9H,(H,20,22). The average molecular weight is 291 g/mol. The Kier molecular flexibility index (Phi) is 3.53. The van der Waals surface area contributed by atoms with Crippen molar-refractivity contribution in [3.05, 3.63) is 60.4 Å². The predicted octanol–water partition coefficient (Wildman–Crippen LogP) is 1.18. The largest absolute Gasteiger partial charge is 0.304 e. The van der Waals surface area contributed by atoms with Crippen molar-refractivity contribution < 1.29 is 4.79 Å². The van der Waals surface area contributed by atoms with Crippen molar-refractivity contribution in [2.24, 2.45) is 0 Å². The number of rotatable bonds is 3. The van der Waals surface area contributed by atoms with Crippen molar-refractivity contribution in [1.82, 2.24) is 24.7 Å². The van der Waals surface area contributed by atoms with Crippen LogP contribution in [0.3, 0.4) is 0 Å². The lowest BCUT2D eigenvalue weighted by molar-refractivity contribution is 0.102. The number of carbonyl (C=O) groups excluding carboxylic acids is 1. The van der Waals surface area contributed by atoms with Gasteiger partial charge < -0.3 is 5.32 Å². The molecule has 0 saturated carbocycles. The van der Waals surface area contributed by atoms with E-state index in [4.69, 9.17) is 5.26 Å². The first-order valence-electron chi connectivity index (χ1n) is 6.26. The van der Waals surface area contributed by atoms with Crippen molar-refractivity contribution in [2.75, 3.05) is 5.32 Å². The van der Waals surface area contributed by atoms with Gasteiger partial charge >= 0.3 is 0 Å². The van der Waals surface area contributed by atoms with Crippen molar-refractivity contribution >= 4 is 11.7 Å². The molecule has 0 fully saturated rings. The molecular formula is C14H9N7O. The first-order chi connectivity index (χ1) is 10.8. The molecule has 0 bridgehead atoms.